The number of ether oxygens (including phenoxy) is 1. The lowest BCUT2D eigenvalue weighted by Crippen LogP contribution is -2.42. The van der Waals surface area contributed by atoms with Crippen molar-refractivity contribution in [2.24, 2.45) is 5.92 Å². The molecule has 2 aliphatic rings. The molecule has 7 nitrogen and oxygen atoms in total. The van der Waals surface area contributed by atoms with Crippen molar-refractivity contribution in [3.05, 3.63) is 59.7 Å². The molecule has 0 aliphatic heterocycles. The molecule has 0 saturated heterocycles. The van der Waals surface area contributed by atoms with Crippen LogP contribution >= 0.6 is 0 Å². The van der Waals surface area contributed by atoms with Crippen LogP contribution < -0.4 is 5.32 Å². The van der Waals surface area contributed by atoms with Gasteiger partial charge in [0.2, 0.25) is 0 Å². The van der Waals surface area contributed by atoms with E-state index in [-0.39, 0.29) is 12.5 Å². The molecule has 0 heterocycles. The van der Waals surface area contributed by atoms with Gasteiger partial charge in [-0.25, -0.2) is 9.59 Å². The predicted molar refractivity (Wildman–Crippen MR) is 124 cm³/mol. The second-order valence-corrected chi connectivity index (χ2v) is 8.62. The fraction of sp³-hybridized carbons (Fsp3) is 0.423. The molecule has 0 aromatic heterocycles. The van der Waals surface area contributed by atoms with Crippen LogP contribution in [0.1, 0.15) is 62.5 Å². The zero-order valence-electron chi connectivity index (χ0n) is 18.8. The molecule has 0 spiro atoms. The Labute approximate surface area is 193 Å². The molecule has 1 saturated carbocycles. The molecule has 2 aromatic rings. The van der Waals surface area contributed by atoms with Gasteiger partial charge in [-0.2, -0.15) is 0 Å². The first-order valence-electron chi connectivity index (χ1n) is 11.4. The number of hydrogen-bond acceptors (Lipinski definition) is 4. The highest BCUT2D eigenvalue weighted by molar-refractivity contribution is 5.81. The third-order valence-corrected chi connectivity index (χ3v) is 6.23. The lowest BCUT2D eigenvalue weighted by atomic mass is 9.85. The Balaban J connectivity index is 0.000000709. The molecule has 1 atom stereocenters. The molecule has 3 N–H and O–H groups in total. The summed E-state index contributed by atoms with van der Waals surface area (Å²) in [5.74, 6) is -1.50. The van der Waals surface area contributed by atoms with Crippen LogP contribution in [0, 0.1) is 5.92 Å². The van der Waals surface area contributed by atoms with Crippen molar-refractivity contribution in [1.29, 1.82) is 0 Å². The molecule has 1 fully saturated rings. The van der Waals surface area contributed by atoms with E-state index in [2.05, 4.69) is 29.6 Å². The summed E-state index contributed by atoms with van der Waals surface area (Å²) >= 11 is 0. The minimum Gasteiger partial charge on any atom is -0.481 e. The smallest absolute Gasteiger partial charge is 0.407 e. The number of carbonyl (C=O) groups is 3. The van der Waals surface area contributed by atoms with Crippen molar-refractivity contribution in [1.82, 2.24) is 5.32 Å². The highest BCUT2D eigenvalue weighted by Crippen LogP contribution is 2.44. The Hall–Kier alpha value is -3.35. The topological polar surface area (TPSA) is 113 Å². The van der Waals surface area contributed by atoms with E-state index in [1.807, 2.05) is 24.3 Å². The number of carbonyl (C=O) groups excluding carboxylic acids is 1. The maximum Gasteiger partial charge on any atom is 0.407 e. The van der Waals surface area contributed by atoms with Gasteiger partial charge in [0, 0.05) is 12.8 Å². The minimum absolute atomic E-state index is 0.0326. The van der Waals surface area contributed by atoms with E-state index in [4.69, 9.17) is 14.6 Å². The normalized spacial score (nSPS) is 15.9. The van der Waals surface area contributed by atoms with E-state index >= 15 is 0 Å². The summed E-state index contributed by atoms with van der Waals surface area (Å²) in [7, 11) is 0. The number of nitrogens with one attached hydrogen (secondary N) is 1. The van der Waals surface area contributed by atoms with Gasteiger partial charge in [-0.1, -0.05) is 80.6 Å². The SMILES string of the molecule is CC(=O)O.O=C(NC(CC1CCCCC1)C(=O)O)OCC1c2ccccc2-c2ccccc21. The first kappa shape index (κ1) is 24.3. The van der Waals surface area contributed by atoms with Crippen LogP contribution in [-0.2, 0) is 14.3 Å². The monoisotopic (exact) mass is 453 g/mol. The lowest BCUT2D eigenvalue weighted by Gasteiger charge is -2.25. The zero-order chi connectivity index (χ0) is 23.8. The van der Waals surface area contributed by atoms with E-state index in [0.717, 1.165) is 54.9 Å². The van der Waals surface area contributed by atoms with Crippen molar-refractivity contribution >= 4 is 18.0 Å². The summed E-state index contributed by atoms with van der Waals surface area (Å²) in [4.78, 5) is 33.0. The second-order valence-electron chi connectivity index (χ2n) is 8.62. The highest BCUT2D eigenvalue weighted by Gasteiger charge is 2.30. The van der Waals surface area contributed by atoms with Crippen molar-refractivity contribution in [3.8, 4) is 11.1 Å². The molecule has 2 aliphatic carbocycles. The molecule has 2 aromatic carbocycles. The summed E-state index contributed by atoms with van der Waals surface area (Å²) < 4.78 is 5.50. The summed E-state index contributed by atoms with van der Waals surface area (Å²) in [6, 6.07) is 15.4. The molecule has 176 valence electrons. The van der Waals surface area contributed by atoms with Crippen LogP contribution in [0.25, 0.3) is 11.1 Å². The van der Waals surface area contributed by atoms with Crippen molar-refractivity contribution in [3.63, 3.8) is 0 Å². The van der Waals surface area contributed by atoms with Gasteiger partial charge in [-0.3, -0.25) is 4.79 Å². The van der Waals surface area contributed by atoms with Crippen LogP contribution in [0.15, 0.2) is 48.5 Å². The fourth-order valence-corrected chi connectivity index (χ4v) is 4.76. The van der Waals surface area contributed by atoms with Crippen molar-refractivity contribution in [2.75, 3.05) is 6.61 Å². The molecule has 1 amide bonds. The summed E-state index contributed by atoms with van der Waals surface area (Å²) in [5.41, 5.74) is 4.60. The number of carboxylic acids is 2. The predicted octanol–water partition coefficient (Wildman–Crippen LogP) is 5.04. The number of aliphatic carboxylic acids is 2. The number of amides is 1. The third kappa shape index (κ3) is 6.57. The number of hydrogen-bond donors (Lipinski definition) is 3. The zero-order valence-corrected chi connectivity index (χ0v) is 18.8. The van der Waals surface area contributed by atoms with Gasteiger partial charge >= 0.3 is 12.1 Å². The molecular weight excluding hydrogens is 422 g/mol. The first-order chi connectivity index (χ1) is 15.9. The van der Waals surface area contributed by atoms with E-state index in [0.29, 0.717) is 12.3 Å². The molecular formula is C26H31NO6. The van der Waals surface area contributed by atoms with Crippen LogP contribution in [0.3, 0.4) is 0 Å². The Kier molecular flexibility index (Phi) is 8.46. The van der Waals surface area contributed by atoms with Gasteiger partial charge in [0.25, 0.3) is 5.97 Å². The Morgan fingerprint density at radius 3 is 1.97 bits per heavy atom. The van der Waals surface area contributed by atoms with Gasteiger partial charge in [-0.05, 0) is 34.6 Å². The summed E-state index contributed by atoms with van der Waals surface area (Å²) in [5, 5.41) is 19.5. The third-order valence-electron chi connectivity index (χ3n) is 6.23. The van der Waals surface area contributed by atoms with Gasteiger partial charge in [0.15, 0.2) is 0 Å². The summed E-state index contributed by atoms with van der Waals surface area (Å²) in [6.07, 6.45) is 5.39. The molecule has 0 bridgehead atoms. The minimum atomic E-state index is -0.996. The maximum absolute atomic E-state index is 12.4. The number of carboxylic acid groups (broad SMARTS) is 2. The van der Waals surface area contributed by atoms with E-state index in [1.165, 1.54) is 6.42 Å². The first-order valence-corrected chi connectivity index (χ1v) is 11.4. The standard InChI is InChI=1S/C24H27NO4.C2H4O2/c26-23(27)22(14-16-8-2-1-3-9-16)25-24(28)29-15-21-19-12-6-4-10-17(19)18-11-5-7-13-20(18)21;1-2(3)4/h4-7,10-13,16,21-22H,1-3,8-9,14-15H2,(H,25,28)(H,26,27);1H3,(H,3,4). The maximum atomic E-state index is 12.4. The Morgan fingerprint density at radius 1 is 0.939 bits per heavy atom. The number of alkyl carbamates (subject to hydrolysis) is 1. The highest BCUT2D eigenvalue weighted by atomic mass is 16.5. The molecule has 0 radical (unpaired) electrons. The molecule has 7 heteroatoms. The van der Waals surface area contributed by atoms with Gasteiger partial charge in [0.05, 0.1) is 0 Å². The lowest BCUT2D eigenvalue weighted by molar-refractivity contribution is -0.140. The Bertz CT molecular complexity index is 933. The van der Waals surface area contributed by atoms with Gasteiger partial charge in [0.1, 0.15) is 12.6 Å². The average Bonchev–Trinajstić information content (AvgIpc) is 3.11. The van der Waals surface area contributed by atoms with Crippen LogP contribution in [0.5, 0.6) is 0 Å². The molecule has 1 unspecified atom stereocenters. The summed E-state index contributed by atoms with van der Waals surface area (Å²) in [6.45, 7) is 1.27. The Morgan fingerprint density at radius 2 is 1.45 bits per heavy atom. The van der Waals surface area contributed by atoms with Crippen molar-refractivity contribution < 1.29 is 29.3 Å². The van der Waals surface area contributed by atoms with Crippen molar-refractivity contribution in [2.45, 2.75) is 57.4 Å². The fourth-order valence-electron chi connectivity index (χ4n) is 4.76. The van der Waals surface area contributed by atoms with Crippen LogP contribution in [0.4, 0.5) is 4.79 Å². The van der Waals surface area contributed by atoms with Crippen LogP contribution in [0.2, 0.25) is 0 Å². The second kappa shape index (κ2) is 11.5. The van der Waals surface area contributed by atoms with Gasteiger partial charge in [-0.15, -0.1) is 0 Å². The number of benzene rings is 2. The van der Waals surface area contributed by atoms with Crippen LogP contribution in [-0.4, -0.2) is 40.9 Å². The number of fused-ring (bicyclic) bond motifs is 3. The van der Waals surface area contributed by atoms with E-state index in [1.54, 1.807) is 0 Å². The molecule has 33 heavy (non-hydrogen) atoms. The average molecular weight is 454 g/mol. The largest absolute Gasteiger partial charge is 0.481 e. The number of rotatable bonds is 6. The molecule has 4 rings (SSSR count). The van der Waals surface area contributed by atoms with E-state index in [9.17, 15) is 14.7 Å². The van der Waals surface area contributed by atoms with Gasteiger partial charge < -0.3 is 20.3 Å². The quantitative estimate of drug-likeness (QED) is 0.565. The van der Waals surface area contributed by atoms with E-state index < -0.39 is 24.1 Å².